The average Bonchev–Trinajstić information content (AvgIpc) is 2.56. The lowest BCUT2D eigenvalue weighted by Crippen LogP contribution is -2.19. The van der Waals surface area contributed by atoms with Crippen LogP contribution >= 0.6 is 0 Å². The smallest absolute Gasteiger partial charge is 0.462 e. The van der Waals surface area contributed by atoms with Gasteiger partial charge in [0.25, 0.3) is 5.69 Å². The van der Waals surface area contributed by atoms with Gasteiger partial charge >= 0.3 is 12.1 Å². The van der Waals surface area contributed by atoms with Gasteiger partial charge in [-0.2, -0.15) is 0 Å². The minimum Gasteiger partial charge on any atom is -0.462 e. The highest BCUT2D eigenvalue weighted by Gasteiger charge is 2.15. The molecule has 25 heavy (non-hydrogen) atoms. The largest absolute Gasteiger partial charge is 0.514 e. The fraction of sp³-hybridized carbons (Fsp3) is 0.412. The molecule has 0 unspecified atom stereocenters. The second-order valence-electron chi connectivity index (χ2n) is 5.52. The molecule has 136 valence electrons. The Kier molecular flexibility index (Phi) is 8.11. The van der Waals surface area contributed by atoms with Crippen molar-refractivity contribution in [2.24, 2.45) is 5.92 Å². The lowest BCUT2D eigenvalue weighted by atomic mass is 10.2. The van der Waals surface area contributed by atoms with Gasteiger partial charge in [-0.05, 0) is 24.5 Å². The molecule has 0 aliphatic heterocycles. The Hall–Kier alpha value is -2.90. The van der Waals surface area contributed by atoms with Crippen LogP contribution in [0, 0.1) is 16.0 Å². The van der Waals surface area contributed by atoms with E-state index in [9.17, 15) is 19.7 Å². The molecule has 0 atom stereocenters. The van der Waals surface area contributed by atoms with Crippen molar-refractivity contribution in [3.63, 3.8) is 0 Å². The van der Waals surface area contributed by atoms with E-state index in [0.29, 0.717) is 6.42 Å². The van der Waals surface area contributed by atoms with Crippen LogP contribution in [0.1, 0.15) is 27.2 Å². The van der Waals surface area contributed by atoms with Gasteiger partial charge in [0.1, 0.15) is 12.4 Å². The zero-order valence-corrected chi connectivity index (χ0v) is 14.4. The fourth-order valence-electron chi connectivity index (χ4n) is 1.68. The first-order chi connectivity index (χ1) is 11.8. The maximum Gasteiger partial charge on any atom is 0.514 e. The first-order valence-electron chi connectivity index (χ1n) is 7.78. The normalized spacial score (nSPS) is 11.1. The van der Waals surface area contributed by atoms with Gasteiger partial charge in [0, 0.05) is 12.1 Å². The van der Waals surface area contributed by atoms with E-state index in [1.54, 1.807) is 6.08 Å². The van der Waals surface area contributed by atoms with Crippen LogP contribution in [0.3, 0.4) is 0 Å². The molecule has 0 aliphatic carbocycles. The summed E-state index contributed by atoms with van der Waals surface area (Å²) in [6, 6.07) is 4.96. The number of ether oxygens (including phenoxy) is 3. The summed E-state index contributed by atoms with van der Waals surface area (Å²) in [6.07, 6.45) is 1.17. The highest BCUT2D eigenvalue weighted by molar-refractivity contribution is 5.89. The molecule has 0 aromatic heterocycles. The third-order valence-electron chi connectivity index (χ3n) is 2.85. The number of carbonyl (C=O) groups is 2. The number of hydrogen-bond donors (Lipinski definition) is 0. The van der Waals surface area contributed by atoms with Crippen LogP contribution < -0.4 is 4.74 Å². The number of rotatable bonds is 8. The summed E-state index contributed by atoms with van der Waals surface area (Å²) in [7, 11) is 0. The van der Waals surface area contributed by atoms with E-state index < -0.39 is 17.0 Å². The van der Waals surface area contributed by atoms with Crippen LogP contribution in [-0.2, 0) is 14.3 Å². The number of nitro benzene ring substituents is 1. The first kappa shape index (κ1) is 20.1. The molecular formula is C17H21NO7. The van der Waals surface area contributed by atoms with Crippen molar-refractivity contribution in [3.05, 3.63) is 46.0 Å². The molecular weight excluding hydrogens is 330 g/mol. The number of nitrogens with zero attached hydrogens (tertiary/aromatic N) is 1. The molecule has 0 saturated carbocycles. The Bertz CT molecular complexity index is 635. The molecule has 0 fully saturated rings. The standard InChI is InChI=1S/C17H21NO7/c1-4-5-13(16(19)23-10-12(2)3)11-24-17(20)25-15-8-6-14(7-9-15)18(21)22/h5-9,12H,4,10-11H2,1-3H3. The van der Waals surface area contributed by atoms with Crippen molar-refractivity contribution in [1.29, 1.82) is 0 Å². The van der Waals surface area contributed by atoms with Crippen LogP contribution in [0.5, 0.6) is 5.75 Å². The third-order valence-corrected chi connectivity index (χ3v) is 2.85. The monoisotopic (exact) mass is 351 g/mol. The number of esters is 1. The highest BCUT2D eigenvalue weighted by atomic mass is 16.7. The minimum atomic E-state index is -1.02. The maximum absolute atomic E-state index is 11.9. The van der Waals surface area contributed by atoms with Crippen molar-refractivity contribution >= 4 is 17.8 Å². The van der Waals surface area contributed by atoms with Gasteiger partial charge in [0.15, 0.2) is 0 Å². The van der Waals surface area contributed by atoms with Crippen LogP contribution in [0.4, 0.5) is 10.5 Å². The number of nitro groups is 1. The van der Waals surface area contributed by atoms with E-state index in [2.05, 4.69) is 0 Å². The number of allylic oxidation sites excluding steroid dienone is 1. The molecule has 1 aromatic rings. The SMILES string of the molecule is CCC=C(COC(=O)Oc1ccc([N+](=O)[O-])cc1)C(=O)OCC(C)C. The predicted molar refractivity (Wildman–Crippen MR) is 89.2 cm³/mol. The molecule has 0 spiro atoms. The second-order valence-corrected chi connectivity index (χ2v) is 5.52. The van der Waals surface area contributed by atoms with Gasteiger partial charge in [-0.1, -0.05) is 26.8 Å². The Morgan fingerprint density at radius 3 is 2.36 bits per heavy atom. The summed E-state index contributed by atoms with van der Waals surface area (Å²) < 4.78 is 14.9. The van der Waals surface area contributed by atoms with Crippen molar-refractivity contribution in [2.75, 3.05) is 13.2 Å². The van der Waals surface area contributed by atoms with Gasteiger partial charge in [-0.3, -0.25) is 10.1 Å². The molecule has 0 saturated heterocycles. The first-order valence-corrected chi connectivity index (χ1v) is 7.78. The van der Waals surface area contributed by atoms with Gasteiger partial charge < -0.3 is 14.2 Å². The number of benzene rings is 1. The summed E-state index contributed by atoms with van der Waals surface area (Å²) in [6.45, 7) is 5.65. The summed E-state index contributed by atoms with van der Waals surface area (Å²) in [5.74, 6) is -0.252. The Labute approximate surface area is 145 Å². The van der Waals surface area contributed by atoms with E-state index >= 15 is 0 Å². The number of carbonyl (C=O) groups excluding carboxylic acids is 2. The summed E-state index contributed by atoms with van der Waals surface area (Å²) in [5.41, 5.74) is 0.102. The van der Waals surface area contributed by atoms with E-state index in [1.807, 2.05) is 20.8 Å². The van der Waals surface area contributed by atoms with Crippen LogP contribution in [0.2, 0.25) is 0 Å². The third kappa shape index (κ3) is 7.47. The zero-order valence-electron chi connectivity index (χ0n) is 14.4. The Morgan fingerprint density at radius 1 is 1.20 bits per heavy atom. The fourth-order valence-corrected chi connectivity index (χ4v) is 1.68. The molecule has 8 nitrogen and oxygen atoms in total. The average molecular weight is 351 g/mol. The van der Waals surface area contributed by atoms with Crippen molar-refractivity contribution in [2.45, 2.75) is 27.2 Å². The van der Waals surface area contributed by atoms with Gasteiger partial charge in [-0.25, -0.2) is 9.59 Å². The highest BCUT2D eigenvalue weighted by Crippen LogP contribution is 2.17. The van der Waals surface area contributed by atoms with Crippen LogP contribution in [0.25, 0.3) is 0 Å². The van der Waals surface area contributed by atoms with Crippen LogP contribution in [-0.4, -0.2) is 30.3 Å². The van der Waals surface area contributed by atoms with Gasteiger partial charge in [0.2, 0.25) is 0 Å². The Morgan fingerprint density at radius 2 is 1.84 bits per heavy atom. The Balaban J connectivity index is 2.55. The lowest BCUT2D eigenvalue weighted by molar-refractivity contribution is -0.384. The second kappa shape index (κ2) is 10.1. The topological polar surface area (TPSA) is 105 Å². The molecule has 1 rings (SSSR count). The van der Waals surface area contributed by atoms with Gasteiger partial charge in [0.05, 0.1) is 17.1 Å². The molecule has 0 N–H and O–H groups in total. The van der Waals surface area contributed by atoms with E-state index in [-0.39, 0.29) is 36.1 Å². The van der Waals surface area contributed by atoms with E-state index in [0.717, 1.165) is 0 Å². The van der Waals surface area contributed by atoms with Crippen LogP contribution in [0.15, 0.2) is 35.9 Å². The van der Waals surface area contributed by atoms with Crippen molar-refractivity contribution in [1.82, 2.24) is 0 Å². The molecule has 8 heteroatoms. The minimum absolute atomic E-state index is 0.0963. The lowest BCUT2D eigenvalue weighted by Gasteiger charge is -2.11. The molecule has 1 aromatic carbocycles. The zero-order chi connectivity index (χ0) is 18.8. The summed E-state index contributed by atoms with van der Waals surface area (Å²) in [4.78, 5) is 33.6. The predicted octanol–water partition coefficient (Wildman–Crippen LogP) is 3.65. The molecule has 0 heterocycles. The van der Waals surface area contributed by atoms with E-state index in [4.69, 9.17) is 14.2 Å². The molecule has 0 amide bonds. The van der Waals surface area contributed by atoms with Crippen molar-refractivity contribution < 1.29 is 28.7 Å². The van der Waals surface area contributed by atoms with Gasteiger partial charge in [-0.15, -0.1) is 0 Å². The summed E-state index contributed by atoms with van der Waals surface area (Å²) in [5, 5.41) is 10.6. The van der Waals surface area contributed by atoms with Crippen molar-refractivity contribution in [3.8, 4) is 5.75 Å². The van der Waals surface area contributed by atoms with E-state index in [1.165, 1.54) is 24.3 Å². The molecule has 0 radical (unpaired) electrons. The molecule has 0 aliphatic rings. The molecule has 0 bridgehead atoms. The summed E-state index contributed by atoms with van der Waals surface area (Å²) >= 11 is 0. The quantitative estimate of drug-likeness (QED) is 0.231. The maximum atomic E-state index is 11.9. The number of hydrogen-bond acceptors (Lipinski definition) is 7. The number of non-ortho nitro benzene ring substituents is 1.